The van der Waals surface area contributed by atoms with Crippen molar-refractivity contribution in [1.29, 1.82) is 0 Å². The van der Waals surface area contributed by atoms with Gasteiger partial charge in [0.15, 0.2) is 5.13 Å². The Morgan fingerprint density at radius 3 is 2.26 bits per heavy atom. The molecule has 0 aliphatic rings. The van der Waals surface area contributed by atoms with Crippen molar-refractivity contribution >= 4 is 16.5 Å². The first-order chi connectivity index (χ1) is 9.01. The van der Waals surface area contributed by atoms with Gasteiger partial charge >= 0.3 is 0 Å². The number of hydrogen-bond donors (Lipinski definition) is 4. The fourth-order valence-electron chi connectivity index (χ4n) is 1.37. The van der Waals surface area contributed by atoms with E-state index in [4.69, 9.17) is 4.74 Å². The van der Waals surface area contributed by atoms with Gasteiger partial charge in [-0.25, -0.2) is 0 Å². The minimum Gasteiger partial charge on any atom is -0.480 e. The average molecular weight is 291 g/mol. The molecule has 0 radical (unpaired) electrons. The molecule has 0 atom stereocenters. The van der Waals surface area contributed by atoms with Crippen LogP contribution in [0.3, 0.4) is 0 Å². The molecule has 0 aliphatic carbocycles. The van der Waals surface area contributed by atoms with Gasteiger partial charge in [0.1, 0.15) is 0 Å². The van der Waals surface area contributed by atoms with Crippen molar-refractivity contribution in [2.45, 2.75) is 12.1 Å². The van der Waals surface area contributed by atoms with E-state index in [1.54, 1.807) is 0 Å². The van der Waals surface area contributed by atoms with Crippen molar-refractivity contribution in [1.82, 2.24) is 10.3 Å². The Kier molecular flexibility index (Phi) is 5.95. The zero-order chi connectivity index (χ0) is 14.5. The number of methoxy groups -OCH3 is 1. The summed E-state index contributed by atoms with van der Waals surface area (Å²) in [5.41, 5.74) is -1.10. The van der Waals surface area contributed by atoms with Crippen molar-refractivity contribution in [2.24, 2.45) is 0 Å². The minimum atomic E-state index is -1.10. The average Bonchev–Trinajstić information content (AvgIpc) is 2.84. The molecule has 110 valence electrons. The molecular formula is C11H21N3O4S. The van der Waals surface area contributed by atoms with Crippen molar-refractivity contribution in [2.75, 3.05) is 45.9 Å². The molecule has 7 nitrogen and oxygen atoms in total. The highest BCUT2D eigenvalue weighted by atomic mass is 32.1. The number of rotatable bonds is 8. The maximum Gasteiger partial charge on any atom is 0.230 e. The second kappa shape index (κ2) is 7.01. The highest BCUT2D eigenvalue weighted by Gasteiger charge is 2.28. The van der Waals surface area contributed by atoms with Crippen LogP contribution < -0.4 is 15.0 Å². The number of ether oxygens (including phenoxy) is 1. The Hall–Kier alpha value is -0.930. The number of thiazole rings is 1. The summed E-state index contributed by atoms with van der Waals surface area (Å²) in [5, 5.41) is 31.5. The van der Waals surface area contributed by atoms with E-state index in [-0.39, 0.29) is 19.8 Å². The van der Waals surface area contributed by atoms with E-state index in [0.717, 1.165) is 10.0 Å². The first kappa shape index (κ1) is 16.1. The zero-order valence-corrected chi connectivity index (χ0v) is 12.2. The van der Waals surface area contributed by atoms with E-state index in [1.165, 1.54) is 18.4 Å². The molecule has 0 fully saturated rings. The summed E-state index contributed by atoms with van der Waals surface area (Å²) in [7, 11) is 5.30. The summed E-state index contributed by atoms with van der Waals surface area (Å²) < 4.78 is 5.19. The fraction of sp³-hybridized carbons (Fsp3) is 0.727. The van der Waals surface area contributed by atoms with Crippen molar-refractivity contribution in [3.63, 3.8) is 0 Å². The summed E-state index contributed by atoms with van der Waals surface area (Å²) in [6.07, 6.45) is 0. The summed E-state index contributed by atoms with van der Waals surface area (Å²) in [4.78, 5) is 7.01. The van der Waals surface area contributed by atoms with Crippen LogP contribution in [0.15, 0.2) is 0 Å². The molecule has 4 N–H and O–H groups in total. The normalized spacial score (nSPS) is 11.7. The predicted octanol–water partition coefficient (Wildman–Crippen LogP) is -0.977. The van der Waals surface area contributed by atoms with E-state index < -0.39 is 5.54 Å². The van der Waals surface area contributed by atoms with Gasteiger partial charge in [0.05, 0.1) is 37.3 Å². The zero-order valence-electron chi connectivity index (χ0n) is 11.4. The van der Waals surface area contributed by atoms with E-state index >= 15 is 0 Å². The van der Waals surface area contributed by atoms with Crippen LogP contribution in [0.2, 0.25) is 0 Å². The molecule has 0 aromatic carbocycles. The van der Waals surface area contributed by atoms with Crippen molar-refractivity contribution in [3.8, 4) is 5.88 Å². The number of nitrogens with one attached hydrogen (secondary N) is 1. The number of aliphatic hydroxyl groups excluding tert-OH is 3. The minimum absolute atomic E-state index is 0.344. The molecular weight excluding hydrogens is 270 g/mol. The third-order valence-electron chi connectivity index (χ3n) is 2.76. The van der Waals surface area contributed by atoms with Crippen LogP contribution in [0, 0.1) is 0 Å². The summed E-state index contributed by atoms with van der Waals surface area (Å²) in [6, 6.07) is 0. The van der Waals surface area contributed by atoms with Gasteiger partial charge in [-0.05, 0) is 0 Å². The lowest BCUT2D eigenvalue weighted by Crippen LogP contribution is -2.54. The second-order valence-corrected chi connectivity index (χ2v) is 5.49. The molecule has 0 spiro atoms. The Bertz CT molecular complexity index is 385. The van der Waals surface area contributed by atoms with Gasteiger partial charge in [0.2, 0.25) is 5.88 Å². The largest absolute Gasteiger partial charge is 0.480 e. The van der Waals surface area contributed by atoms with Gasteiger partial charge < -0.3 is 30.3 Å². The van der Waals surface area contributed by atoms with E-state index in [2.05, 4.69) is 10.3 Å². The monoisotopic (exact) mass is 291 g/mol. The number of aromatic nitrogens is 1. The van der Waals surface area contributed by atoms with Gasteiger partial charge in [-0.1, -0.05) is 11.3 Å². The number of nitrogens with zero attached hydrogens (tertiary/aromatic N) is 2. The van der Waals surface area contributed by atoms with Crippen LogP contribution in [0.4, 0.5) is 5.13 Å². The van der Waals surface area contributed by atoms with Crippen LogP contribution in [0.25, 0.3) is 0 Å². The Balaban J connectivity index is 2.81. The number of aliphatic hydroxyl groups is 3. The molecule has 0 unspecified atom stereocenters. The lowest BCUT2D eigenvalue weighted by molar-refractivity contribution is 0.0414. The fourth-order valence-corrected chi connectivity index (χ4v) is 2.27. The molecule has 1 aromatic heterocycles. The number of hydrogen-bond acceptors (Lipinski definition) is 8. The Morgan fingerprint density at radius 1 is 1.26 bits per heavy atom. The van der Waals surface area contributed by atoms with Crippen LogP contribution in [0.1, 0.15) is 4.88 Å². The Morgan fingerprint density at radius 2 is 1.84 bits per heavy atom. The molecule has 0 amide bonds. The molecule has 0 saturated heterocycles. The van der Waals surface area contributed by atoms with Gasteiger partial charge in [0.25, 0.3) is 0 Å². The quantitative estimate of drug-likeness (QED) is 0.489. The maximum atomic E-state index is 9.24. The summed E-state index contributed by atoms with van der Waals surface area (Å²) in [5.74, 6) is 0.504. The molecule has 0 saturated carbocycles. The number of anilines is 1. The molecule has 1 heterocycles. The third kappa shape index (κ3) is 3.77. The van der Waals surface area contributed by atoms with Gasteiger partial charge in [0, 0.05) is 20.6 Å². The maximum absolute atomic E-state index is 9.24. The third-order valence-corrected chi connectivity index (χ3v) is 3.96. The van der Waals surface area contributed by atoms with Crippen LogP contribution >= 0.6 is 11.3 Å². The van der Waals surface area contributed by atoms with Gasteiger partial charge in [-0.2, -0.15) is 4.98 Å². The van der Waals surface area contributed by atoms with Crippen LogP contribution in [0.5, 0.6) is 5.88 Å². The molecule has 0 aliphatic heterocycles. The summed E-state index contributed by atoms with van der Waals surface area (Å²) >= 11 is 1.45. The second-order valence-electron chi connectivity index (χ2n) is 4.43. The predicted molar refractivity (Wildman–Crippen MR) is 73.8 cm³/mol. The Labute approximate surface area is 116 Å². The molecule has 19 heavy (non-hydrogen) atoms. The van der Waals surface area contributed by atoms with Crippen molar-refractivity contribution in [3.05, 3.63) is 4.88 Å². The van der Waals surface area contributed by atoms with Crippen LogP contribution in [-0.4, -0.2) is 66.9 Å². The van der Waals surface area contributed by atoms with Gasteiger partial charge in [-0.3, -0.25) is 0 Å². The smallest absolute Gasteiger partial charge is 0.230 e. The molecule has 0 bridgehead atoms. The van der Waals surface area contributed by atoms with E-state index in [1.807, 2.05) is 19.0 Å². The molecule has 1 aromatic rings. The van der Waals surface area contributed by atoms with E-state index in [9.17, 15) is 15.3 Å². The highest BCUT2D eigenvalue weighted by molar-refractivity contribution is 7.15. The SMILES string of the molecule is COc1nc(N(C)C)sc1CNC(CO)(CO)CO. The van der Waals surface area contributed by atoms with Crippen LogP contribution in [-0.2, 0) is 6.54 Å². The molecule has 1 rings (SSSR count). The topological polar surface area (TPSA) is 98.1 Å². The van der Waals surface area contributed by atoms with E-state index in [0.29, 0.717) is 12.4 Å². The highest BCUT2D eigenvalue weighted by Crippen LogP contribution is 2.30. The summed E-state index contributed by atoms with van der Waals surface area (Å²) in [6.45, 7) is -0.735. The first-order valence-corrected chi connectivity index (χ1v) is 6.62. The lowest BCUT2D eigenvalue weighted by Gasteiger charge is -2.28. The van der Waals surface area contributed by atoms with Crippen molar-refractivity contribution < 1.29 is 20.1 Å². The van der Waals surface area contributed by atoms with Gasteiger partial charge in [-0.15, -0.1) is 0 Å². The standard InChI is InChI=1S/C11H21N3O4S/c1-14(2)10-13-9(18-3)8(19-10)4-12-11(5-15,6-16)7-17/h12,15-17H,4-7H2,1-3H3. The molecule has 8 heteroatoms. The first-order valence-electron chi connectivity index (χ1n) is 5.80. The lowest BCUT2D eigenvalue weighted by atomic mass is 10.0.